The van der Waals surface area contributed by atoms with Crippen LogP contribution in [0, 0.1) is 5.92 Å². The van der Waals surface area contributed by atoms with Crippen LogP contribution in [-0.2, 0) is 9.59 Å². The van der Waals surface area contributed by atoms with Gasteiger partial charge < -0.3 is 4.90 Å². The van der Waals surface area contributed by atoms with E-state index in [1.54, 1.807) is 0 Å². The fourth-order valence-corrected chi connectivity index (χ4v) is 1.34. The summed E-state index contributed by atoms with van der Waals surface area (Å²) in [6.07, 6.45) is 0.540. The minimum atomic E-state index is -0.322. The third-order valence-electron chi connectivity index (χ3n) is 1.90. The minimum Gasteiger partial charge on any atom is -0.333 e. The zero-order chi connectivity index (χ0) is 9.14. The number of nitrogens with one attached hydrogen (secondary N) is 1. The number of likely N-dealkylation sites (tertiary alicyclic amines) is 1. The van der Waals surface area contributed by atoms with E-state index in [0.717, 1.165) is 0 Å². The van der Waals surface area contributed by atoms with Crippen LogP contribution in [0.15, 0.2) is 0 Å². The van der Waals surface area contributed by atoms with Gasteiger partial charge >= 0.3 is 0 Å². The summed E-state index contributed by atoms with van der Waals surface area (Å²) in [7, 11) is 0. The standard InChI is InChI=1S/C7H13N3O2/c1-5-2-7(12)10(3-5)4-6(11)9-8/h5H,2-4,8H2,1H3,(H,9,11). The second-order valence-electron chi connectivity index (χ2n) is 3.15. The Morgan fingerprint density at radius 3 is 2.92 bits per heavy atom. The third-order valence-corrected chi connectivity index (χ3v) is 1.90. The second kappa shape index (κ2) is 3.53. The summed E-state index contributed by atoms with van der Waals surface area (Å²) in [6.45, 7) is 2.73. The van der Waals surface area contributed by atoms with Crippen LogP contribution in [0.1, 0.15) is 13.3 Å². The zero-order valence-electron chi connectivity index (χ0n) is 7.04. The number of amides is 2. The highest BCUT2D eigenvalue weighted by Crippen LogP contribution is 2.15. The number of nitrogens with zero attached hydrogens (tertiary/aromatic N) is 1. The molecule has 3 N–H and O–H groups in total. The van der Waals surface area contributed by atoms with Crippen molar-refractivity contribution in [3.63, 3.8) is 0 Å². The maximum absolute atomic E-state index is 11.1. The van der Waals surface area contributed by atoms with Crippen LogP contribution < -0.4 is 11.3 Å². The third kappa shape index (κ3) is 1.94. The normalized spacial score (nSPS) is 23.0. The number of hydrogen-bond acceptors (Lipinski definition) is 3. The van der Waals surface area contributed by atoms with Gasteiger partial charge in [0, 0.05) is 13.0 Å². The van der Waals surface area contributed by atoms with E-state index in [0.29, 0.717) is 18.9 Å². The van der Waals surface area contributed by atoms with Crippen molar-refractivity contribution in [2.45, 2.75) is 13.3 Å². The number of nitrogens with two attached hydrogens (primary N) is 1. The zero-order valence-corrected chi connectivity index (χ0v) is 7.04. The Morgan fingerprint density at radius 2 is 2.50 bits per heavy atom. The first-order valence-corrected chi connectivity index (χ1v) is 3.90. The van der Waals surface area contributed by atoms with Gasteiger partial charge in [-0.25, -0.2) is 5.84 Å². The van der Waals surface area contributed by atoms with Gasteiger partial charge in [-0.3, -0.25) is 15.0 Å². The summed E-state index contributed by atoms with van der Waals surface area (Å²) in [5.74, 6) is 4.95. The fraction of sp³-hybridized carbons (Fsp3) is 0.714. The van der Waals surface area contributed by atoms with Gasteiger partial charge in [0.25, 0.3) is 5.91 Å². The second-order valence-corrected chi connectivity index (χ2v) is 3.15. The summed E-state index contributed by atoms with van der Waals surface area (Å²) in [6, 6.07) is 0. The largest absolute Gasteiger partial charge is 0.333 e. The van der Waals surface area contributed by atoms with E-state index in [4.69, 9.17) is 5.84 Å². The summed E-state index contributed by atoms with van der Waals surface area (Å²) in [4.78, 5) is 23.5. The summed E-state index contributed by atoms with van der Waals surface area (Å²) in [5, 5.41) is 0. The van der Waals surface area contributed by atoms with Gasteiger partial charge in [-0.2, -0.15) is 0 Å². The van der Waals surface area contributed by atoms with Gasteiger partial charge in [-0.1, -0.05) is 6.92 Å². The van der Waals surface area contributed by atoms with Crippen molar-refractivity contribution < 1.29 is 9.59 Å². The van der Waals surface area contributed by atoms with E-state index < -0.39 is 0 Å². The molecule has 5 nitrogen and oxygen atoms in total. The highest BCUT2D eigenvalue weighted by atomic mass is 16.2. The van der Waals surface area contributed by atoms with Crippen molar-refractivity contribution >= 4 is 11.8 Å². The van der Waals surface area contributed by atoms with Gasteiger partial charge in [0.2, 0.25) is 5.91 Å². The summed E-state index contributed by atoms with van der Waals surface area (Å²) >= 11 is 0. The van der Waals surface area contributed by atoms with Gasteiger partial charge in [0.05, 0.1) is 0 Å². The highest BCUT2D eigenvalue weighted by molar-refractivity contribution is 5.85. The molecule has 0 spiro atoms. The van der Waals surface area contributed by atoms with Gasteiger partial charge in [-0.05, 0) is 5.92 Å². The molecule has 0 aromatic rings. The van der Waals surface area contributed by atoms with Crippen LogP contribution in [0.2, 0.25) is 0 Å². The van der Waals surface area contributed by atoms with Crippen molar-refractivity contribution in [2.24, 2.45) is 11.8 Å². The molecule has 1 saturated heterocycles. The molecule has 1 rings (SSSR count). The van der Waals surface area contributed by atoms with Crippen LogP contribution in [0.25, 0.3) is 0 Å². The molecule has 1 aliphatic heterocycles. The van der Waals surface area contributed by atoms with E-state index in [-0.39, 0.29) is 18.4 Å². The SMILES string of the molecule is CC1CC(=O)N(CC(=O)NN)C1. The molecular weight excluding hydrogens is 158 g/mol. The molecule has 1 unspecified atom stereocenters. The lowest BCUT2D eigenvalue weighted by Crippen LogP contribution is -2.41. The molecular formula is C7H13N3O2. The molecule has 5 heteroatoms. The van der Waals surface area contributed by atoms with Crippen LogP contribution >= 0.6 is 0 Å². The van der Waals surface area contributed by atoms with Crippen molar-refractivity contribution in [2.75, 3.05) is 13.1 Å². The predicted molar refractivity (Wildman–Crippen MR) is 42.7 cm³/mol. The van der Waals surface area contributed by atoms with E-state index >= 15 is 0 Å². The average molecular weight is 171 g/mol. The van der Waals surface area contributed by atoms with Crippen molar-refractivity contribution in [3.05, 3.63) is 0 Å². The molecule has 0 radical (unpaired) electrons. The van der Waals surface area contributed by atoms with Crippen LogP contribution in [0.4, 0.5) is 0 Å². The molecule has 0 bridgehead atoms. The van der Waals surface area contributed by atoms with Crippen molar-refractivity contribution in [3.8, 4) is 0 Å². The van der Waals surface area contributed by atoms with Crippen molar-refractivity contribution in [1.82, 2.24) is 10.3 Å². The monoisotopic (exact) mass is 171 g/mol. The summed E-state index contributed by atoms with van der Waals surface area (Å²) < 4.78 is 0. The molecule has 1 fully saturated rings. The Labute approximate surface area is 70.9 Å². The molecule has 68 valence electrons. The molecule has 0 aliphatic carbocycles. The number of rotatable bonds is 2. The first-order chi connectivity index (χ1) is 5.63. The average Bonchev–Trinajstić information content (AvgIpc) is 2.30. The minimum absolute atomic E-state index is 0.0334. The van der Waals surface area contributed by atoms with E-state index in [1.807, 2.05) is 12.3 Å². The molecule has 1 heterocycles. The topological polar surface area (TPSA) is 75.4 Å². The molecule has 2 amide bonds. The van der Waals surface area contributed by atoms with E-state index in [1.165, 1.54) is 4.90 Å². The van der Waals surface area contributed by atoms with Gasteiger partial charge in [-0.15, -0.1) is 0 Å². The van der Waals surface area contributed by atoms with E-state index in [2.05, 4.69) is 0 Å². The lowest BCUT2D eigenvalue weighted by molar-refractivity contribution is -0.133. The molecule has 1 aliphatic rings. The Bertz CT molecular complexity index is 205. The number of hydrazine groups is 1. The maximum Gasteiger partial charge on any atom is 0.253 e. The molecule has 0 aromatic carbocycles. The van der Waals surface area contributed by atoms with Crippen LogP contribution in [0.5, 0.6) is 0 Å². The quantitative estimate of drug-likeness (QED) is 0.313. The van der Waals surface area contributed by atoms with Gasteiger partial charge in [0.1, 0.15) is 6.54 Å². The molecule has 0 aromatic heterocycles. The Hall–Kier alpha value is -1.10. The molecule has 0 saturated carbocycles. The Morgan fingerprint density at radius 1 is 1.83 bits per heavy atom. The molecule has 1 atom stereocenters. The van der Waals surface area contributed by atoms with Crippen LogP contribution in [-0.4, -0.2) is 29.8 Å². The number of hydrogen-bond donors (Lipinski definition) is 2. The lowest BCUT2D eigenvalue weighted by atomic mass is 10.2. The van der Waals surface area contributed by atoms with Crippen LogP contribution in [0.3, 0.4) is 0 Å². The van der Waals surface area contributed by atoms with Gasteiger partial charge in [0.15, 0.2) is 0 Å². The van der Waals surface area contributed by atoms with E-state index in [9.17, 15) is 9.59 Å². The smallest absolute Gasteiger partial charge is 0.253 e. The summed E-state index contributed by atoms with van der Waals surface area (Å²) in [5.41, 5.74) is 1.99. The Kier molecular flexibility index (Phi) is 2.65. The molecule has 12 heavy (non-hydrogen) atoms. The predicted octanol–water partition coefficient (Wildman–Crippen LogP) is -1.16. The fourth-order valence-electron chi connectivity index (χ4n) is 1.34. The number of carbonyl (C=O) groups is 2. The Balaban J connectivity index is 2.43. The first kappa shape index (κ1) is 8.99. The highest BCUT2D eigenvalue weighted by Gasteiger charge is 2.27. The maximum atomic E-state index is 11.1. The number of carbonyl (C=O) groups excluding carboxylic acids is 2. The lowest BCUT2D eigenvalue weighted by Gasteiger charge is -2.13. The first-order valence-electron chi connectivity index (χ1n) is 3.90. The van der Waals surface area contributed by atoms with Crippen molar-refractivity contribution in [1.29, 1.82) is 0 Å².